The molecule has 6 heteroatoms. The van der Waals surface area contributed by atoms with Gasteiger partial charge in [0.05, 0.1) is 32.7 Å². The Balaban J connectivity index is 1.76. The van der Waals surface area contributed by atoms with Crippen LogP contribution in [-0.2, 0) is 14.3 Å². The summed E-state index contributed by atoms with van der Waals surface area (Å²) in [6.45, 7) is 4.60. The first-order valence-corrected chi connectivity index (χ1v) is 8.06. The van der Waals surface area contributed by atoms with Crippen LogP contribution in [0.4, 0.5) is 5.69 Å². The number of quaternary nitrogens is 1. The summed E-state index contributed by atoms with van der Waals surface area (Å²) in [4.78, 5) is 24.8. The summed E-state index contributed by atoms with van der Waals surface area (Å²) >= 11 is 0. The normalized spacial score (nSPS) is 20.6. The maximum atomic E-state index is 12.1. The number of likely N-dealkylation sites (tertiary alicyclic amines) is 1. The Labute approximate surface area is 136 Å². The molecule has 1 saturated heterocycles. The molecule has 1 heterocycles. The van der Waals surface area contributed by atoms with Crippen molar-refractivity contribution < 1.29 is 24.0 Å². The van der Waals surface area contributed by atoms with Crippen molar-refractivity contribution in [2.45, 2.75) is 19.8 Å². The number of benzene rings is 1. The molecule has 1 fully saturated rings. The van der Waals surface area contributed by atoms with Gasteiger partial charge in [-0.2, -0.15) is 0 Å². The van der Waals surface area contributed by atoms with Gasteiger partial charge >= 0.3 is 5.97 Å². The number of methoxy groups -OCH3 is 1. The first-order valence-electron chi connectivity index (χ1n) is 8.06. The molecule has 0 saturated carbocycles. The Hall–Kier alpha value is -2.08. The molecule has 0 atom stereocenters. The zero-order valence-corrected chi connectivity index (χ0v) is 13.8. The lowest BCUT2D eigenvalue weighted by molar-refractivity contribution is -0.897. The maximum Gasteiger partial charge on any atom is 0.309 e. The van der Waals surface area contributed by atoms with Crippen LogP contribution < -0.4 is 15.0 Å². The van der Waals surface area contributed by atoms with E-state index in [0.29, 0.717) is 13.2 Å². The fraction of sp³-hybridized carbons (Fsp3) is 0.529. The quantitative estimate of drug-likeness (QED) is 0.748. The van der Waals surface area contributed by atoms with Gasteiger partial charge in [-0.25, -0.2) is 0 Å². The van der Waals surface area contributed by atoms with Crippen molar-refractivity contribution in [2.75, 3.05) is 38.7 Å². The van der Waals surface area contributed by atoms with Crippen LogP contribution in [0.3, 0.4) is 0 Å². The highest BCUT2D eigenvalue weighted by molar-refractivity contribution is 5.91. The van der Waals surface area contributed by atoms with Crippen LogP contribution in [0.5, 0.6) is 5.75 Å². The molecule has 1 aromatic rings. The summed E-state index contributed by atoms with van der Waals surface area (Å²) in [5.41, 5.74) is 0.766. The summed E-state index contributed by atoms with van der Waals surface area (Å²) < 4.78 is 10.1. The predicted molar refractivity (Wildman–Crippen MR) is 86.5 cm³/mol. The van der Waals surface area contributed by atoms with E-state index in [2.05, 4.69) is 5.32 Å². The largest absolute Gasteiger partial charge is 0.494 e. The zero-order valence-electron chi connectivity index (χ0n) is 13.8. The molecule has 0 bridgehead atoms. The van der Waals surface area contributed by atoms with Gasteiger partial charge < -0.3 is 19.7 Å². The molecule has 1 aromatic carbocycles. The Kier molecular flexibility index (Phi) is 6.40. The SMILES string of the molecule is CCOc1ccc(NC(=O)C[NH+]2CCC(C(=O)OC)CC2)cc1. The number of anilines is 1. The van der Waals surface area contributed by atoms with Crippen molar-refractivity contribution in [2.24, 2.45) is 5.92 Å². The second-order valence-electron chi connectivity index (χ2n) is 5.73. The summed E-state index contributed by atoms with van der Waals surface area (Å²) in [6.07, 6.45) is 1.55. The lowest BCUT2D eigenvalue weighted by atomic mass is 9.97. The van der Waals surface area contributed by atoms with Crippen molar-refractivity contribution in [3.8, 4) is 5.75 Å². The standard InChI is InChI=1S/C17H24N2O4/c1-3-23-15-6-4-14(5-7-15)18-16(20)12-19-10-8-13(9-11-19)17(21)22-2/h4-7,13H,3,8-12H2,1-2H3,(H,18,20)/p+1. The number of carbonyl (C=O) groups excluding carboxylic acids is 2. The molecule has 23 heavy (non-hydrogen) atoms. The summed E-state index contributed by atoms with van der Waals surface area (Å²) in [7, 11) is 1.42. The molecular weight excluding hydrogens is 296 g/mol. The van der Waals surface area contributed by atoms with Gasteiger partial charge in [0.25, 0.3) is 5.91 Å². The monoisotopic (exact) mass is 321 g/mol. The number of amides is 1. The van der Waals surface area contributed by atoms with Crippen LogP contribution in [0.15, 0.2) is 24.3 Å². The molecule has 0 spiro atoms. The Morgan fingerprint density at radius 1 is 1.22 bits per heavy atom. The molecule has 0 aliphatic carbocycles. The number of ether oxygens (including phenoxy) is 2. The molecule has 1 aliphatic rings. The number of esters is 1. The Morgan fingerprint density at radius 3 is 2.43 bits per heavy atom. The maximum absolute atomic E-state index is 12.1. The molecule has 2 rings (SSSR count). The van der Waals surface area contributed by atoms with Gasteiger partial charge in [-0.3, -0.25) is 9.59 Å². The van der Waals surface area contributed by atoms with E-state index in [1.807, 2.05) is 31.2 Å². The van der Waals surface area contributed by atoms with Gasteiger partial charge in [-0.15, -0.1) is 0 Å². The van der Waals surface area contributed by atoms with Crippen LogP contribution in [0.25, 0.3) is 0 Å². The van der Waals surface area contributed by atoms with E-state index in [9.17, 15) is 9.59 Å². The third kappa shape index (κ3) is 5.25. The summed E-state index contributed by atoms with van der Waals surface area (Å²) in [5.74, 6) is 0.627. The second kappa shape index (κ2) is 8.53. The Bertz CT molecular complexity index is 522. The third-order valence-electron chi connectivity index (χ3n) is 4.09. The number of hydrogen-bond acceptors (Lipinski definition) is 4. The molecule has 126 valence electrons. The van der Waals surface area contributed by atoms with Crippen LogP contribution in [0.1, 0.15) is 19.8 Å². The van der Waals surface area contributed by atoms with Gasteiger partial charge in [0.15, 0.2) is 6.54 Å². The van der Waals surface area contributed by atoms with Gasteiger partial charge in [-0.1, -0.05) is 0 Å². The third-order valence-corrected chi connectivity index (χ3v) is 4.09. The molecule has 2 N–H and O–H groups in total. The molecule has 1 amide bonds. The lowest BCUT2D eigenvalue weighted by Crippen LogP contribution is -3.14. The minimum Gasteiger partial charge on any atom is -0.494 e. The molecule has 0 aromatic heterocycles. The summed E-state index contributed by atoms with van der Waals surface area (Å²) in [6, 6.07) is 7.35. The number of nitrogens with one attached hydrogen (secondary N) is 2. The van der Waals surface area contributed by atoms with E-state index in [1.54, 1.807) is 0 Å². The lowest BCUT2D eigenvalue weighted by Gasteiger charge is -2.27. The first-order chi connectivity index (χ1) is 11.1. The number of hydrogen-bond donors (Lipinski definition) is 2. The molecule has 0 unspecified atom stereocenters. The molecule has 6 nitrogen and oxygen atoms in total. The number of rotatable bonds is 6. The highest BCUT2D eigenvalue weighted by Crippen LogP contribution is 2.15. The van der Waals surface area contributed by atoms with E-state index >= 15 is 0 Å². The van der Waals surface area contributed by atoms with Crippen LogP contribution in [-0.4, -0.2) is 45.2 Å². The average Bonchev–Trinajstić information content (AvgIpc) is 2.57. The van der Waals surface area contributed by atoms with Crippen molar-refractivity contribution >= 4 is 17.6 Å². The second-order valence-corrected chi connectivity index (χ2v) is 5.73. The first kappa shape index (κ1) is 17.3. The van der Waals surface area contributed by atoms with Crippen molar-refractivity contribution in [3.63, 3.8) is 0 Å². The fourth-order valence-electron chi connectivity index (χ4n) is 2.84. The van der Waals surface area contributed by atoms with Gasteiger partial charge in [0.1, 0.15) is 5.75 Å². The van der Waals surface area contributed by atoms with E-state index < -0.39 is 0 Å². The van der Waals surface area contributed by atoms with Crippen molar-refractivity contribution in [1.82, 2.24) is 0 Å². The minimum atomic E-state index is -0.136. The van der Waals surface area contributed by atoms with Gasteiger partial charge in [0.2, 0.25) is 0 Å². The highest BCUT2D eigenvalue weighted by atomic mass is 16.5. The van der Waals surface area contributed by atoms with Crippen molar-refractivity contribution in [1.29, 1.82) is 0 Å². The average molecular weight is 321 g/mol. The zero-order chi connectivity index (χ0) is 16.7. The molecule has 0 radical (unpaired) electrons. The molecular formula is C17H25N2O4+. The number of carbonyl (C=O) groups is 2. The van der Waals surface area contributed by atoms with E-state index in [0.717, 1.165) is 37.4 Å². The van der Waals surface area contributed by atoms with Gasteiger partial charge in [-0.05, 0) is 31.2 Å². The van der Waals surface area contributed by atoms with Crippen LogP contribution >= 0.6 is 0 Å². The fourth-order valence-corrected chi connectivity index (χ4v) is 2.84. The minimum absolute atomic E-state index is 0.0133. The van der Waals surface area contributed by atoms with Crippen LogP contribution in [0, 0.1) is 5.92 Å². The van der Waals surface area contributed by atoms with Crippen molar-refractivity contribution in [3.05, 3.63) is 24.3 Å². The number of piperidine rings is 1. The van der Waals surface area contributed by atoms with Gasteiger partial charge in [0, 0.05) is 18.5 Å². The Morgan fingerprint density at radius 2 is 1.87 bits per heavy atom. The van der Waals surface area contributed by atoms with E-state index in [4.69, 9.17) is 9.47 Å². The predicted octanol–water partition coefficient (Wildman–Crippen LogP) is 0.492. The van der Waals surface area contributed by atoms with E-state index in [-0.39, 0.29) is 17.8 Å². The molecule has 1 aliphatic heterocycles. The van der Waals surface area contributed by atoms with E-state index in [1.165, 1.54) is 12.0 Å². The smallest absolute Gasteiger partial charge is 0.309 e. The topological polar surface area (TPSA) is 69.1 Å². The highest BCUT2D eigenvalue weighted by Gasteiger charge is 2.28. The summed E-state index contributed by atoms with van der Waals surface area (Å²) in [5, 5.41) is 2.90. The van der Waals surface area contributed by atoms with Crippen LogP contribution in [0.2, 0.25) is 0 Å².